The predicted octanol–water partition coefficient (Wildman–Crippen LogP) is 4.19. The van der Waals surface area contributed by atoms with Crippen LogP contribution < -0.4 is 0 Å². The molecule has 4 aliphatic heterocycles. The average molecular weight is 649 g/mol. The number of rotatable bonds is 15. The number of methoxy groups -OCH3 is 2. The number of fused-ring (bicyclic) bond motifs is 3. The van der Waals surface area contributed by atoms with Gasteiger partial charge in [-0.25, -0.2) is 0 Å². The number of hydrogen-bond donors (Lipinski definition) is 1. The molecule has 47 heavy (non-hydrogen) atoms. The molecule has 4 saturated heterocycles. The summed E-state index contributed by atoms with van der Waals surface area (Å²) in [6.45, 7) is 5.16. The third kappa shape index (κ3) is 7.68. The summed E-state index contributed by atoms with van der Waals surface area (Å²) in [4.78, 5) is 0. The van der Waals surface area contributed by atoms with E-state index >= 15 is 0 Å². The minimum Gasteiger partial charge on any atom is -0.387 e. The fourth-order valence-corrected chi connectivity index (χ4v) is 6.37. The topological polar surface area (TPSA) is 103 Å². The maximum atomic E-state index is 11.1. The quantitative estimate of drug-likeness (QED) is 0.242. The van der Waals surface area contributed by atoms with Crippen molar-refractivity contribution in [1.29, 1.82) is 0 Å². The van der Waals surface area contributed by atoms with Gasteiger partial charge in [0.05, 0.1) is 33.0 Å². The summed E-state index contributed by atoms with van der Waals surface area (Å²) in [5, 5.41) is 11.1. The summed E-state index contributed by atoms with van der Waals surface area (Å²) in [6, 6.07) is 29.7. The van der Waals surface area contributed by atoms with Crippen LogP contribution in [0.5, 0.6) is 0 Å². The second-order valence-corrected chi connectivity index (χ2v) is 12.0. The van der Waals surface area contributed by atoms with Gasteiger partial charge in [-0.05, 0) is 16.7 Å². The Morgan fingerprint density at radius 2 is 1.32 bits per heavy atom. The van der Waals surface area contributed by atoms with Crippen molar-refractivity contribution in [3.8, 4) is 0 Å². The Hall–Kier alpha value is -3.00. The van der Waals surface area contributed by atoms with Crippen LogP contribution >= 0.6 is 0 Å². The van der Waals surface area contributed by atoms with Crippen LogP contribution in [0.3, 0.4) is 0 Å². The number of aliphatic hydroxyl groups is 1. The molecule has 3 aromatic carbocycles. The number of aliphatic hydroxyl groups excluding tert-OH is 1. The van der Waals surface area contributed by atoms with Crippen LogP contribution in [-0.4, -0.2) is 93.4 Å². The van der Waals surface area contributed by atoms with Crippen LogP contribution in [0.25, 0.3) is 0 Å². The molecular weight excluding hydrogens is 604 g/mol. The van der Waals surface area contributed by atoms with E-state index in [0.29, 0.717) is 13.2 Å². The first kappa shape index (κ1) is 33.9. The van der Waals surface area contributed by atoms with E-state index in [1.54, 1.807) is 13.2 Å². The van der Waals surface area contributed by atoms with Gasteiger partial charge in [0.1, 0.15) is 48.3 Å². The average Bonchev–Trinajstić information content (AvgIpc) is 3.12. The van der Waals surface area contributed by atoms with E-state index in [2.05, 4.69) is 6.58 Å². The van der Waals surface area contributed by atoms with Crippen molar-refractivity contribution < 1.29 is 47.7 Å². The van der Waals surface area contributed by atoms with Crippen LogP contribution in [0.15, 0.2) is 104 Å². The number of hydrogen-bond acceptors (Lipinski definition) is 10. The van der Waals surface area contributed by atoms with Gasteiger partial charge in [-0.1, -0.05) is 97.1 Å². The molecule has 10 nitrogen and oxygen atoms in total. The van der Waals surface area contributed by atoms with Crippen molar-refractivity contribution in [2.45, 2.75) is 80.7 Å². The SMILES string of the molecule is C=C[C@]12CO[C@H]([C@H](O[C@H]3[C@H](OCc4ccccc4)[C@@H](OCc4ccccc4)[C@@H](OC)O[C@@H]3COCc3ccccc3)O1)[C@@H](OC)[C@@H]2O. The first-order valence-corrected chi connectivity index (χ1v) is 16.0. The van der Waals surface area contributed by atoms with Gasteiger partial charge < -0.3 is 47.7 Å². The van der Waals surface area contributed by atoms with Gasteiger partial charge in [-0.2, -0.15) is 0 Å². The molecule has 7 rings (SSSR count). The van der Waals surface area contributed by atoms with Gasteiger partial charge in [0.15, 0.2) is 12.6 Å². The summed E-state index contributed by atoms with van der Waals surface area (Å²) in [5.74, 6) is 0. The smallest absolute Gasteiger partial charge is 0.188 e. The fourth-order valence-electron chi connectivity index (χ4n) is 6.37. The minimum absolute atomic E-state index is 0.120. The predicted molar refractivity (Wildman–Crippen MR) is 171 cm³/mol. The lowest BCUT2D eigenvalue weighted by Crippen LogP contribution is -2.73. The molecule has 3 aromatic rings. The molecule has 0 unspecified atom stereocenters. The molecule has 4 aliphatic rings. The highest BCUT2D eigenvalue weighted by molar-refractivity contribution is 5.16. The Morgan fingerprint density at radius 3 is 1.87 bits per heavy atom. The van der Waals surface area contributed by atoms with E-state index in [9.17, 15) is 5.11 Å². The van der Waals surface area contributed by atoms with Crippen molar-refractivity contribution in [2.24, 2.45) is 0 Å². The molecule has 252 valence electrons. The Balaban J connectivity index is 1.31. The van der Waals surface area contributed by atoms with Crippen LogP contribution in [0.4, 0.5) is 0 Å². The van der Waals surface area contributed by atoms with Gasteiger partial charge in [0.2, 0.25) is 0 Å². The second-order valence-electron chi connectivity index (χ2n) is 12.0. The van der Waals surface area contributed by atoms with Gasteiger partial charge >= 0.3 is 0 Å². The van der Waals surface area contributed by atoms with Crippen LogP contribution in [-0.2, 0) is 62.5 Å². The van der Waals surface area contributed by atoms with Crippen LogP contribution in [0.1, 0.15) is 16.7 Å². The number of ether oxygens (including phenoxy) is 9. The zero-order chi connectivity index (χ0) is 32.6. The van der Waals surface area contributed by atoms with Crippen LogP contribution in [0.2, 0.25) is 0 Å². The fraction of sp³-hybridized carbons (Fsp3) is 0.459. The first-order valence-electron chi connectivity index (χ1n) is 16.0. The van der Waals surface area contributed by atoms with Crippen molar-refractivity contribution in [3.05, 3.63) is 120 Å². The third-order valence-electron chi connectivity index (χ3n) is 8.94. The molecule has 10 heteroatoms. The summed E-state index contributed by atoms with van der Waals surface area (Å²) in [6.07, 6.45) is -5.43. The van der Waals surface area contributed by atoms with E-state index in [1.807, 2.05) is 91.0 Å². The zero-order valence-corrected chi connectivity index (χ0v) is 26.8. The summed E-state index contributed by atoms with van der Waals surface area (Å²) < 4.78 is 56.9. The van der Waals surface area contributed by atoms with E-state index < -0.39 is 60.9 Å². The van der Waals surface area contributed by atoms with E-state index in [1.165, 1.54) is 7.11 Å². The van der Waals surface area contributed by atoms with Gasteiger partial charge in [0, 0.05) is 14.2 Å². The van der Waals surface area contributed by atoms with Gasteiger partial charge in [0.25, 0.3) is 0 Å². The Bertz CT molecular complexity index is 1380. The first-order chi connectivity index (χ1) is 23.0. The molecule has 10 atom stereocenters. The van der Waals surface area contributed by atoms with Gasteiger partial charge in [-0.15, -0.1) is 6.58 Å². The molecule has 0 saturated carbocycles. The van der Waals surface area contributed by atoms with Crippen LogP contribution in [0, 0.1) is 0 Å². The molecule has 2 bridgehead atoms. The van der Waals surface area contributed by atoms with Crippen molar-refractivity contribution in [3.63, 3.8) is 0 Å². The highest BCUT2D eigenvalue weighted by atomic mass is 16.8. The van der Waals surface area contributed by atoms with E-state index in [4.69, 9.17) is 42.6 Å². The maximum Gasteiger partial charge on any atom is 0.188 e. The Morgan fingerprint density at radius 1 is 0.745 bits per heavy atom. The third-order valence-corrected chi connectivity index (χ3v) is 8.94. The molecule has 1 N–H and O–H groups in total. The Kier molecular flexibility index (Phi) is 11.5. The molecular formula is C37H44O10. The molecule has 0 aromatic heterocycles. The monoisotopic (exact) mass is 648 g/mol. The zero-order valence-electron chi connectivity index (χ0n) is 26.8. The van der Waals surface area contributed by atoms with Crippen molar-refractivity contribution in [1.82, 2.24) is 0 Å². The Labute approximate surface area is 276 Å². The molecule has 0 spiro atoms. The van der Waals surface area contributed by atoms with Gasteiger partial charge in [-0.3, -0.25) is 0 Å². The largest absolute Gasteiger partial charge is 0.387 e. The lowest BCUT2D eigenvalue weighted by atomic mass is 9.84. The lowest BCUT2D eigenvalue weighted by Gasteiger charge is -2.56. The minimum atomic E-state index is -1.21. The lowest BCUT2D eigenvalue weighted by molar-refractivity contribution is -0.409. The maximum absolute atomic E-state index is 11.1. The van der Waals surface area contributed by atoms with Crippen molar-refractivity contribution >= 4 is 0 Å². The normalized spacial score (nSPS) is 33.5. The summed E-state index contributed by atoms with van der Waals surface area (Å²) in [7, 11) is 3.11. The molecule has 0 aliphatic carbocycles. The van der Waals surface area contributed by atoms with E-state index in [0.717, 1.165) is 16.7 Å². The standard InChI is InChI=1S/C37H44O10/c1-4-37-24-44-33(31(39-2)34(37)38)36(47-37)46-29-28(23-41-20-25-14-8-5-9-15-25)45-35(40-3)32(43-22-27-18-12-7-13-19-27)30(29)42-21-26-16-10-6-11-17-26/h4-19,28-36,38H,1,20-24H2,2-3H3/t28-,29-,30+,31-,32-,33+,34+,35+,36-,37-/m1/s1. The van der Waals surface area contributed by atoms with Crippen molar-refractivity contribution in [2.75, 3.05) is 27.4 Å². The second kappa shape index (κ2) is 15.9. The summed E-state index contributed by atoms with van der Waals surface area (Å²) >= 11 is 0. The molecule has 4 heterocycles. The highest BCUT2D eigenvalue weighted by Gasteiger charge is 2.61. The molecule has 4 fully saturated rings. The summed E-state index contributed by atoms with van der Waals surface area (Å²) in [5.41, 5.74) is 1.78. The number of benzene rings is 3. The van der Waals surface area contributed by atoms with E-state index in [-0.39, 0.29) is 19.8 Å². The highest BCUT2D eigenvalue weighted by Crippen LogP contribution is 2.42. The molecule has 0 amide bonds. The molecule has 0 radical (unpaired) electrons.